The maximum atomic E-state index is 12.6. The van der Waals surface area contributed by atoms with Crippen molar-refractivity contribution in [3.05, 3.63) is 63.8 Å². The summed E-state index contributed by atoms with van der Waals surface area (Å²) in [6.45, 7) is 0. The van der Waals surface area contributed by atoms with E-state index in [1.54, 1.807) is 30.0 Å². The number of amides is 1. The molecule has 1 aromatic carbocycles. The molecule has 0 radical (unpaired) electrons. The van der Waals surface area contributed by atoms with Gasteiger partial charge in [0, 0.05) is 30.1 Å². The Morgan fingerprint density at radius 1 is 1.23 bits per heavy atom. The van der Waals surface area contributed by atoms with Crippen molar-refractivity contribution in [2.24, 2.45) is 7.05 Å². The van der Waals surface area contributed by atoms with Gasteiger partial charge in [-0.05, 0) is 24.3 Å². The van der Waals surface area contributed by atoms with Crippen LogP contribution in [0.1, 0.15) is 27.2 Å². The number of thiocarbonyl (C=S) groups is 1. The van der Waals surface area contributed by atoms with E-state index in [2.05, 4.69) is 5.32 Å². The molecule has 1 amide bonds. The molecule has 1 aliphatic rings. The van der Waals surface area contributed by atoms with E-state index < -0.39 is 17.5 Å². The predicted molar refractivity (Wildman–Crippen MR) is 96.6 cm³/mol. The van der Waals surface area contributed by atoms with Gasteiger partial charge in [-0.2, -0.15) is 13.2 Å². The third kappa shape index (κ3) is 3.73. The topological polar surface area (TPSA) is 51.1 Å². The molecule has 0 unspecified atom stereocenters. The summed E-state index contributed by atoms with van der Waals surface area (Å²) in [5.74, 6) is -0.713. The number of aromatic nitrogens is 1. The minimum atomic E-state index is -4.45. The molecule has 3 rings (SSSR count). The third-order valence-corrected chi connectivity index (χ3v) is 4.86. The fourth-order valence-corrected chi connectivity index (χ4v) is 3.41. The van der Waals surface area contributed by atoms with Crippen LogP contribution in [0.5, 0.6) is 0 Å². The van der Waals surface area contributed by atoms with Gasteiger partial charge in [-0.3, -0.25) is 9.59 Å². The molecule has 0 bridgehead atoms. The van der Waals surface area contributed by atoms with Crippen molar-refractivity contribution >= 4 is 46.1 Å². The van der Waals surface area contributed by atoms with Crippen molar-refractivity contribution in [3.8, 4) is 0 Å². The first kappa shape index (κ1) is 18.4. The average molecular weight is 396 g/mol. The third-order valence-electron chi connectivity index (χ3n) is 3.70. The molecule has 1 aromatic heterocycles. The summed E-state index contributed by atoms with van der Waals surface area (Å²) < 4.78 is 39.9. The first-order valence-electron chi connectivity index (χ1n) is 7.28. The minimum absolute atomic E-state index is 0.150. The quantitative estimate of drug-likeness (QED) is 0.488. The lowest BCUT2D eigenvalue weighted by molar-refractivity contribution is -0.137. The number of hydrogen-bond acceptors (Lipinski definition) is 4. The summed E-state index contributed by atoms with van der Waals surface area (Å²) in [4.78, 5) is 24.6. The van der Waals surface area contributed by atoms with Crippen LogP contribution in [-0.2, 0) is 18.0 Å². The van der Waals surface area contributed by atoms with Crippen LogP contribution in [0, 0.1) is 0 Å². The van der Waals surface area contributed by atoms with Gasteiger partial charge in [-0.15, -0.1) is 0 Å². The summed E-state index contributed by atoms with van der Waals surface area (Å²) >= 11 is 6.04. The Morgan fingerprint density at radius 2 is 1.88 bits per heavy atom. The lowest BCUT2D eigenvalue weighted by Crippen LogP contribution is -2.17. The Morgan fingerprint density at radius 3 is 2.42 bits per heavy atom. The fraction of sp³-hybridized carbons (Fsp3) is 0.118. The molecule has 9 heteroatoms. The van der Waals surface area contributed by atoms with E-state index in [-0.39, 0.29) is 11.5 Å². The Labute approximate surface area is 156 Å². The van der Waals surface area contributed by atoms with Crippen LogP contribution in [0.25, 0.3) is 6.08 Å². The largest absolute Gasteiger partial charge is 0.416 e. The number of rotatable bonds is 3. The average Bonchev–Trinajstić information content (AvgIpc) is 3.08. The standard InChI is InChI=1S/C17H11F3N2O2S2/c1-22-8-10(6-12(22)7-13-15(24)21-16(25)26-13)14(23)9-2-4-11(5-3-9)17(18,19)20/h2-8H,1H3,(H,21,24,25)/b13-7-. The minimum Gasteiger partial charge on any atom is -0.350 e. The lowest BCUT2D eigenvalue weighted by Gasteiger charge is -2.06. The van der Waals surface area contributed by atoms with Crippen molar-refractivity contribution < 1.29 is 22.8 Å². The fourth-order valence-electron chi connectivity index (χ4n) is 2.38. The first-order chi connectivity index (χ1) is 12.1. The highest BCUT2D eigenvalue weighted by atomic mass is 32.2. The summed E-state index contributed by atoms with van der Waals surface area (Å²) in [5, 5.41) is 2.50. The van der Waals surface area contributed by atoms with Crippen LogP contribution in [0.15, 0.2) is 41.4 Å². The maximum Gasteiger partial charge on any atom is 0.416 e. The number of halogens is 3. The molecule has 1 N–H and O–H groups in total. The highest BCUT2D eigenvalue weighted by molar-refractivity contribution is 8.26. The van der Waals surface area contributed by atoms with Crippen LogP contribution in [0.4, 0.5) is 13.2 Å². The molecule has 1 fully saturated rings. The summed E-state index contributed by atoms with van der Waals surface area (Å²) in [5.41, 5.74) is 0.248. The summed E-state index contributed by atoms with van der Waals surface area (Å²) in [7, 11) is 1.70. The molecule has 134 valence electrons. The van der Waals surface area contributed by atoms with Gasteiger partial charge in [-0.25, -0.2) is 0 Å². The Kier molecular flexibility index (Phi) is 4.76. The van der Waals surface area contributed by atoms with Gasteiger partial charge in [0.15, 0.2) is 5.78 Å². The molecule has 1 saturated heterocycles. The Balaban J connectivity index is 1.87. The number of hydrogen-bond donors (Lipinski definition) is 1. The second-order valence-corrected chi connectivity index (χ2v) is 7.24. The Bertz CT molecular complexity index is 944. The molecule has 2 aromatic rings. The van der Waals surface area contributed by atoms with Crippen LogP contribution >= 0.6 is 24.0 Å². The smallest absolute Gasteiger partial charge is 0.350 e. The van der Waals surface area contributed by atoms with Crippen molar-refractivity contribution in [1.82, 2.24) is 9.88 Å². The second-order valence-electron chi connectivity index (χ2n) is 5.52. The van der Waals surface area contributed by atoms with E-state index in [0.717, 1.165) is 36.0 Å². The van der Waals surface area contributed by atoms with E-state index in [1.165, 1.54) is 0 Å². The zero-order valence-electron chi connectivity index (χ0n) is 13.3. The zero-order chi connectivity index (χ0) is 19.1. The number of carbonyl (C=O) groups is 2. The van der Waals surface area contributed by atoms with E-state index >= 15 is 0 Å². The highest BCUT2D eigenvalue weighted by Crippen LogP contribution is 2.30. The molecule has 0 aliphatic carbocycles. The van der Waals surface area contributed by atoms with E-state index in [9.17, 15) is 22.8 Å². The van der Waals surface area contributed by atoms with Gasteiger partial charge in [0.1, 0.15) is 4.32 Å². The van der Waals surface area contributed by atoms with Gasteiger partial charge in [0.2, 0.25) is 0 Å². The molecule has 2 heterocycles. The van der Waals surface area contributed by atoms with Crippen LogP contribution in [0.3, 0.4) is 0 Å². The van der Waals surface area contributed by atoms with Gasteiger partial charge in [0.05, 0.1) is 10.5 Å². The van der Waals surface area contributed by atoms with E-state index in [1.807, 2.05) is 0 Å². The van der Waals surface area contributed by atoms with Gasteiger partial charge < -0.3 is 9.88 Å². The normalized spacial score (nSPS) is 16.2. The molecular weight excluding hydrogens is 385 g/mol. The molecule has 0 atom stereocenters. The number of alkyl halides is 3. The molecule has 1 aliphatic heterocycles. The second kappa shape index (κ2) is 6.73. The monoisotopic (exact) mass is 396 g/mol. The van der Waals surface area contributed by atoms with Gasteiger partial charge >= 0.3 is 6.18 Å². The van der Waals surface area contributed by atoms with Crippen molar-refractivity contribution in [2.45, 2.75) is 6.18 Å². The predicted octanol–water partition coefficient (Wildman–Crippen LogP) is 3.76. The van der Waals surface area contributed by atoms with Crippen molar-refractivity contribution in [3.63, 3.8) is 0 Å². The van der Waals surface area contributed by atoms with Gasteiger partial charge in [0.25, 0.3) is 5.91 Å². The summed E-state index contributed by atoms with van der Waals surface area (Å²) in [6.07, 6.45) is -1.29. The van der Waals surface area contributed by atoms with Crippen molar-refractivity contribution in [2.75, 3.05) is 0 Å². The van der Waals surface area contributed by atoms with Crippen molar-refractivity contribution in [1.29, 1.82) is 0 Å². The Hall–Kier alpha value is -2.39. The first-order valence-corrected chi connectivity index (χ1v) is 8.51. The van der Waals surface area contributed by atoms with E-state index in [0.29, 0.717) is 20.5 Å². The molecule has 4 nitrogen and oxygen atoms in total. The number of ketones is 1. The highest BCUT2D eigenvalue weighted by Gasteiger charge is 2.30. The molecular formula is C17H11F3N2O2S2. The zero-order valence-corrected chi connectivity index (χ0v) is 14.9. The van der Waals surface area contributed by atoms with Gasteiger partial charge in [-0.1, -0.05) is 36.1 Å². The van der Waals surface area contributed by atoms with Crippen LogP contribution < -0.4 is 5.32 Å². The number of carbonyl (C=O) groups excluding carboxylic acids is 2. The lowest BCUT2D eigenvalue weighted by atomic mass is 10.0. The SMILES string of the molecule is Cn1cc(C(=O)c2ccc(C(F)(F)F)cc2)cc1/C=C1\SC(=S)NC1=O. The number of nitrogens with one attached hydrogen (secondary N) is 1. The maximum absolute atomic E-state index is 12.6. The molecule has 0 spiro atoms. The number of benzene rings is 1. The van der Waals surface area contributed by atoms with E-state index in [4.69, 9.17) is 12.2 Å². The number of nitrogens with zero attached hydrogens (tertiary/aromatic N) is 1. The number of aryl methyl sites for hydroxylation is 1. The summed E-state index contributed by atoms with van der Waals surface area (Å²) in [6, 6.07) is 5.62. The van der Waals surface area contributed by atoms with Crippen LogP contribution in [0.2, 0.25) is 0 Å². The molecule has 26 heavy (non-hydrogen) atoms. The van der Waals surface area contributed by atoms with Crippen LogP contribution in [-0.4, -0.2) is 20.6 Å². The molecule has 0 saturated carbocycles. The number of thioether (sulfide) groups is 1.